The number of halogens is 2. The van der Waals surface area contributed by atoms with E-state index < -0.39 is 6.10 Å². The van der Waals surface area contributed by atoms with Crippen molar-refractivity contribution in [3.05, 3.63) is 46.1 Å². The first kappa shape index (κ1) is 19.0. The van der Waals surface area contributed by atoms with Crippen molar-refractivity contribution >= 4 is 29.1 Å². The first-order chi connectivity index (χ1) is 10.6. The van der Waals surface area contributed by atoms with E-state index in [0.29, 0.717) is 23.9 Å². The van der Waals surface area contributed by atoms with Crippen LogP contribution in [0.25, 0.3) is 0 Å². The van der Waals surface area contributed by atoms with Crippen LogP contribution < -0.4 is 0 Å². The Morgan fingerprint density at radius 2 is 1.91 bits per heavy atom. The lowest BCUT2D eigenvalue weighted by atomic mass is 10.0. The minimum absolute atomic E-state index is 0.248. The highest BCUT2D eigenvalue weighted by molar-refractivity contribution is 6.30. The predicted molar refractivity (Wildman–Crippen MR) is 93.8 cm³/mol. The topological polar surface area (TPSA) is 41.8 Å². The van der Waals surface area contributed by atoms with Crippen molar-refractivity contribution in [2.45, 2.75) is 39.7 Å². The molecule has 0 radical (unpaired) electrons. The summed E-state index contributed by atoms with van der Waals surface area (Å²) in [5, 5.41) is 11.0. The van der Waals surface area contributed by atoms with Gasteiger partial charge in [0.25, 0.3) is 0 Å². The number of benzene rings is 1. The van der Waals surface area contributed by atoms with E-state index in [9.17, 15) is 5.11 Å². The highest BCUT2D eigenvalue weighted by Gasteiger charge is 2.18. The molecule has 0 amide bonds. The molecule has 2 rings (SSSR count). The molecule has 122 valence electrons. The van der Waals surface area contributed by atoms with Crippen LogP contribution in [0.1, 0.15) is 45.3 Å². The molecule has 1 aliphatic rings. The van der Waals surface area contributed by atoms with Gasteiger partial charge >= 0.3 is 0 Å². The molecule has 0 bridgehead atoms. The van der Waals surface area contributed by atoms with Crippen molar-refractivity contribution in [2.24, 2.45) is 4.99 Å². The van der Waals surface area contributed by atoms with Gasteiger partial charge in [-0.2, -0.15) is 0 Å². The molecule has 0 spiro atoms. The lowest BCUT2D eigenvalue weighted by Gasteiger charge is -2.20. The summed E-state index contributed by atoms with van der Waals surface area (Å²) < 4.78 is 5.42. The van der Waals surface area contributed by atoms with Crippen LogP contribution in [0, 0.1) is 0 Å². The maximum absolute atomic E-state index is 10.3. The Labute approximate surface area is 142 Å². The van der Waals surface area contributed by atoms with Crippen LogP contribution in [-0.4, -0.2) is 23.5 Å². The number of aliphatic imine (C=N–C) groups is 1. The smallest absolute Gasteiger partial charge is 0.203 e. The quantitative estimate of drug-likeness (QED) is 0.753. The van der Waals surface area contributed by atoms with E-state index in [0.717, 1.165) is 23.3 Å². The largest absolute Gasteiger partial charge is 0.475 e. The Kier molecular flexibility index (Phi) is 8.54. The third kappa shape index (κ3) is 5.31. The average Bonchev–Trinajstić information content (AvgIpc) is 2.57. The van der Waals surface area contributed by atoms with Crippen LogP contribution in [0.4, 0.5) is 0 Å². The van der Waals surface area contributed by atoms with E-state index in [-0.39, 0.29) is 5.88 Å². The molecule has 0 saturated heterocycles. The zero-order valence-corrected chi connectivity index (χ0v) is 14.8. The standard InChI is InChI=1S/C15H17Cl2NO2.C2H6/c1-2-10-9-20-15(8-16)18-13(10)7-14(19)11-3-5-12(17)6-4-11;1-2/h3-6,14,19H,2,7-9H2,1H3;1-2H3/t14-;/m0./s1. The van der Waals surface area contributed by atoms with Crippen molar-refractivity contribution in [3.8, 4) is 0 Å². The molecule has 5 heteroatoms. The second-order valence-corrected chi connectivity index (χ2v) is 5.31. The molecule has 3 nitrogen and oxygen atoms in total. The Bertz CT molecular complexity index is 524. The van der Waals surface area contributed by atoms with Gasteiger partial charge in [-0.3, -0.25) is 0 Å². The molecule has 1 aromatic rings. The second-order valence-electron chi connectivity index (χ2n) is 4.60. The van der Waals surface area contributed by atoms with Crippen molar-refractivity contribution < 1.29 is 9.84 Å². The van der Waals surface area contributed by atoms with Gasteiger partial charge in [-0.25, -0.2) is 4.99 Å². The molecule has 0 fully saturated rings. The molecule has 0 unspecified atom stereocenters. The van der Waals surface area contributed by atoms with Crippen molar-refractivity contribution in [3.63, 3.8) is 0 Å². The normalized spacial score (nSPS) is 15.5. The predicted octanol–water partition coefficient (Wildman–Crippen LogP) is 5.12. The van der Waals surface area contributed by atoms with Gasteiger partial charge in [0, 0.05) is 17.1 Å². The maximum Gasteiger partial charge on any atom is 0.203 e. The number of ether oxygens (including phenoxy) is 1. The Morgan fingerprint density at radius 3 is 2.45 bits per heavy atom. The molecule has 22 heavy (non-hydrogen) atoms. The van der Waals surface area contributed by atoms with Crippen LogP contribution in [0.5, 0.6) is 0 Å². The minimum Gasteiger partial charge on any atom is -0.475 e. The first-order valence-corrected chi connectivity index (χ1v) is 8.46. The number of aliphatic hydroxyl groups is 1. The fraction of sp³-hybridized carbons (Fsp3) is 0.471. The zero-order chi connectivity index (χ0) is 16.5. The third-order valence-electron chi connectivity index (χ3n) is 3.26. The van der Waals surface area contributed by atoms with Gasteiger partial charge in [-0.15, -0.1) is 11.6 Å². The van der Waals surface area contributed by atoms with Gasteiger partial charge in [0.1, 0.15) is 6.61 Å². The summed E-state index contributed by atoms with van der Waals surface area (Å²) in [5.74, 6) is 0.763. The van der Waals surface area contributed by atoms with Gasteiger partial charge in [0.05, 0.1) is 12.0 Å². The van der Waals surface area contributed by atoms with Gasteiger partial charge in [-0.05, 0) is 29.7 Å². The van der Waals surface area contributed by atoms with Crippen LogP contribution in [-0.2, 0) is 4.74 Å². The molecule has 1 N–H and O–H groups in total. The van der Waals surface area contributed by atoms with E-state index in [1.54, 1.807) is 12.1 Å². The Hall–Kier alpha value is -1.03. The van der Waals surface area contributed by atoms with Crippen LogP contribution in [0.2, 0.25) is 5.02 Å². The van der Waals surface area contributed by atoms with Crippen LogP contribution in [0.15, 0.2) is 40.5 Å². The van der Waals surface area contributed by atoms with Gasteiger partial charge < -0.3 is 9.84 Å². The van der Waals surface area contributed by atoms with Crippen LogP contribution in [0.3, 0.4) is 0 Å². The minimum atomic E-state index is -0.609. The Morgan fingerprint density at radius 1 is 1.27 bits per heavy atom. The van der Waals surface area contributed by atoms with E-state index >= 15 is 0 Å². The summed E-state index contributed by atoms with van der Waals surface area (Å²) in [4.78, 5) is 4.39. The zero-order valence-electron chi connectivity index (χ0n) is 13.3. The summed E-state index contributed by atoms with van der Waals surface area (Å²) in [6.45, 7) is 6.55. The van der Waals surface area contributed by atoms with Gasteiger partial charge in [0.15, 0.2) is 0 Å². The van der Waals surface area contributed by atoms with Crippen molar-refractivity contribution in [2.75, 3.05) is 12.5 Å². The third-order valence-corrected chi connectivity index (χ3v) is 3.74. The first-order valence-electron chi connectivity index (χ1n) is 7.54. The highest BCUT2D eigenvalue weighted by Crippen LogP contribution is 2.28. The fourth-order valence-corrected chi connectivity index (χ4v) is 2.33. The molecule has 1 heterocycles. The highest BCUT2D eigenvalue weighted by atomic mass is 35.5. The molecule has 0 saturated carbocycles. The molecular weight excluding hydrogens is 321 g/mol. The lowest BCUT2D eigenvalue weighted by molar-refractivity contribution is 0.176. The summed E-state index contributed by atoms with van der Waals surface area (Å²) in [7, 11) is 0. The van der Waals surface area contributed by atoms with E-state index in [4.69, 9.17) is 27.9 Å². The Balaban J connectivity index is 0.00000116. The maximum atomic E-state index is 10.3. The van der Waals surface area contributed by atoms with E-state index in [1.807, 2.05) is 26.0 Å². The fourth-order valence-electron chi connectivity index (χ4n) is 2.07. The average molecular weight is 344 g/mol. The second kappa shape index (κ2) is 9.88. The molecular formula is C17H23Cl2NO2. The molecule has 0 aromatic heterocycles. The van der Waals surface area contributed by atoms with Crippen molar-refractivity contribution in [1.82, 2.24) is 0 Å². The summed E-state index contributed by atoms with van der Waals surface area (Å²) in [6.07, 6.45) is 0.693. The number of hydrogen-bond donors (Lipinski definition) is 1. The number of nitrogens with zero attached hydrogens (tertiary/aromatic N) is 1. The SMILES string of the molecule is CC.CCC1=C(C[C@H](O)c2ccc(Cl)cc2)N=C(CCl)OC1. The van der Waals surface area contributed by atoms with E-state index in [1.165, 1.54) is 0 Å². The number of rotatable bonds is 5. The monoisotopic (exact) mass is 343 g/mol. The number of alkyl halides is 1. The van der Waals surface area contributed by atoms with E-state index in [2.05, 4.69) is 11.9 Å². The van der Waals surface area contributed by atoms with Crippen LogP contribution >= 0.6 is 23.2 Å². The molecule has 1 aromatic carbocycles. The molecule has 1 atom stereocenters. The van der Waals surface area contributed by atoms with Crippen molar-refractivity contribution in [1.29, 1.82) is 0 Å². The number of hydrogen-bond acceptors (Lipinski definition) is 3. The summed E-state index contributed by atoms with van der Waals surface area (Å²) in [6, 6.07) is 7.19. The van der Waals surface area contributed by atoms with Gasteiger partial charge in [0.2, 0.25) is 5.90 Å². The number of aliphatic hydroxyl groups excluding tert-OH is 1. The summed E-state index contributed by atoms with van der Waals surface area (Å²) >= 11 is 11.6. The lowest BCUT2D eigenvalue weighted by Crippen LogP contribution is -2.17. The van der Waals surface area contributed by atoms with Gasteiger partial charge in [-0.1, -0.05) is 44.5 Å². The summed E-state index contributed by atoms with van der Waals surface area (Å²) in [5.41, 5.74) is 2.80. The molecule has 0 aliphatic carbocycles. The molecule has 1 aliphatic heterocycles.